The van der Waals surface area contributed by atoms with Crippen LogP contribution in [0, 0.1) is 0 Å². The van der Waals surface area contributed by atoms with E-state index in [1.165, 1.54) is 4.90 Å². The second-order valence-corrected chi connectivity index (χ2v) is 5.17. The van der Waals surface area contributed by atoms with Crippen LogP contribution in [0.1, 0.15) is 31.1 Å². The number of benzene rings is 1. The Morgan fingerprint density at radius 2 is 1.95 bits per heavy atom. The van der Waals surface area contributed by atoms with Gasteiger partial charge in [-0.15, -0.1) is 0 Å². The van der Waals surface area contributed by atoms with Gasteiger partial charge in [-0.3, -0.25) is 9.59 Å². The molecule has 0 radical (unpaired) electrons. The van der Waals surface area contributed by atoms with Gasteiger partial charge in [0.2, 0.25) is 0 Å². The molecule has 0 aliphatic carbocycles. The van der Waals surface area contributed by atoms with Gasteiger partial charge in [-0.05, 0) is 48.8 Å². The average molecular weight is 328 g/mol. The summed E-state index contributed by atoms with van der Waals surface area (Å²) in [6, 6.07) is 7.08. The van der Waals surface area contributed by atoms with Gasteiger partial charge in [-0.1, -0.05) is 12.1 Å². The number of carbonyl (C=O) groups excluding carboxylic acids is 2. The fourth-order valence-corrected chi connectivity index (χ4v) is 2.08. The third-order valence-corrected chi connectivity index (χ3v) is 3.28. The van der Waals surface area contributed by atoms with E-state index in [0.29, 0.717) is 12.2 Å². The van der Waals surface area contributed by atoms with Crippen LogP contribution in [0.4, 0.5) is 0 Å². The fourth-order valence-electron chi connectivity index (χ4n) is 1.62. The molecule has 0 aromatic heterocycles. The summed E-state index contributed by atoms with van der Waals surface area (Å²) in [6.07, 6.45) is 0. The van der Waals surface area contributed by atoms with Gasteiger partial charge in [0.05, 0.1) is 12.2 Å². The van der Waals surface area contributed by atoms with Gasteiger partial charge in [-0.25, -0.2) is 0 Å². The molecule has 104 valence electrons. The Morgan fingerprint density at radius 1 is 1.32 bits per heavy atom. The van der Waals surface area contributed by atoms with Gasteiger partial charge >= 0.3 is 5.97 Å². The van der Waals surface area contributed by atoms with Gasteiger partial charge in [-0.2, -0.15) is 0 Å². The lowest BCUT2D eigenvalue weighted by molar-refractivity contribution is -0.144. The number of nitrogens with zero attached hydrogens (tertiary/aromatic N) is 1. The number of ether oxygens (including phenoxy) is 1. The number of hydrogen-bond donors (Lipinski definition) is 0. The topological polar surface area (TPSA) is 46.6 Å². The lowest BCUT2D eigenvalue weighted by Crippen LogP contribution is -2.41. The Morgan fingerprint density at radius 3 is 2.47 bits per heavy atom. The van der Waals surface area contributed by atoms with E-state index in [9.17, 15) is 9.59 Å². The van der Waals surface area contributed by atoms with Crippen LogP contribution in [-0.2, 0) is 9.53 Å². The van der Waals surface area contributed by atoms with E-state index in [2.05, 4.69) is 15.9 Å². The zero-order valence-electron chi connectivity index (χ0n) is 11.4. The third-order valence-electron chi connectivity index (χ3n) is 2.59. The molecular weight excluding hydrogens is 310 g/mol. The van der Waals surface area contributed by atoms with Crippen LogP contribution in [0.15, 0.2) is 28.7 Å². The van der Waals surface area contributed by atoms with Crippen molar-refractivity contribution in [3.05, 3.63) is 34.3 Å². The van der Waals surface area contributed by atoms with E-state index in [4.69, 9.17) is 4.74 Å². The minimum Gasteiger partial charge on any atom is -0.465 e. The van der Waals surface area contributed by atoms with Crippen LogP contribution >= 0.6 is 15.9 Å². The fraction of sp³-hybridized carbons (Fsp3) is 0.429. The first kappa shape index (κ1) is 15.7. The molecule has 0 heterocycles. The third kappa shape index (κ3) is 4.35. The van der Waals surface area contributed by atoms with Crippen molar-refractivity contribution in [1.82, 2.24) is 4.90 Å². The smallest absolute Gasteiger partial charge is 0.325 e. The van der Waals surface area contributed by atoms with Gasteiger partial charge in [0.1, 0.15) is 6.54 Å². The summed E-state index contributed by atoms with van der Waals surface area (Å²) >= 11 is 3.35. The summed E-state index contributed by atoms with van der Waals surface area (Å²) in [5.74, 6) is -0.577. The molecule has 0 fully saturated rings. The molecule has 0 bridgehead atoms. The largest absolute Gasteiger partial charge is 0.465 e. The number of rotatable bonds is 5. The normalized spacial score (nSPS) is 10.4. The summed E-state index contributed by atoms with van der Waals surface area (Å²) in [4.78, 5) is 25.5. The molecule has 0 aliphatic heterocycles. The van der Waals surface area contributed by atoms with Gasteiger partial charge in [0.15, 0.2) is 0 Å². The van der Waals surface area contributed by atoms with E-state index < -0.39 is 5.97 Å². The van der Waals surface area contributed by atoms with E-state index in [1.807, 2.05) is 19.9 Å². The number of hydrogen-bond acceptors (Lipinski definition) is 3. The summed E-state index contributed by atoms with van der Waals surface area (Å²) in [5.41, 5.74) is 0.542. The molecule has 5 heteroatoms. The molecule has 1 aromatic carbocycles. The predicted molar refractivity (Wildman–Crippen MR) is 76.9 cm³/mol. The highest BCUT2D eigenvalue weighted by atomic mass is 79.9. The molecule has 0 spiro atoms. The molecule has 1 amide bonds. The molecule has 0 unspecified atom stereocenters. The minimum atomic E-state index is -0.392. The lowest BCUT2D eigenvalue weighted by Gasteiger charge is -2.26. The van der Waals surface area contributed by atoms with Crippen LogP contribution in [0.3, 0.4) is 0 Å². The first-order valence-electron chi connectivity index (χ1n) is 6.18. The van der Waals surface area contributed by atoms with E-state index in [1.54, 1.807) is 25.1 Å². The maximum absolute atomic E-state index is 12.4. The van der Waals surface area contributed by atoms with Crippen LogP contribution in [0.2, 0.25) is 0 Å². The zero-order chi connectivity index (χ0) is 14.4. The van der Waals surface area contributed by atoms with Crippen LogP contribution < -0.4 is 0 Å². The van der Waals surface area contributed by atoms with Crippen molar-refractivity contribution in [3.8, 4) is 0 Å². The maximum atomic E-state index is 12.4. The highest BCUT2D eigenvalue weighted by molar-refractivity contribution is 9.10. The highest BCUT2D eigenvalue weighted by Crippen LogP contribution is 2.19. The number of carbonyl (C=O) groups is 2. The molecule has 0 atom stereocenters. The number of esters is 1. The van der Waals surface area contributed by atoms with Gasteiger partial charge in [0.25, 0.3) is 5.91 Å². The Bertz CT molecular complexity index is 460. The number of amides is 1. The number of halogens is 1. The average Bonchev–Trinajstić information content (AvgIpc) is 2.36. The van der Waals surface area contributed by atoms with Crippen molar-refractivity contribution >= 4 is 27.8 Å². The monoisotopic (exact) mass is 327 g/mol. The molecule has 1 aromatic rings. The van der Waals surface area contributed by atoms with E-state index in [-0.39, 0.29) is 18.5 Å². The summed E-state index contributed by atoms with van der Waals surface area (Å²) in [5, 5.41) is 0. The minimum absolute atomic E-state index is 0.0360. The molecular formula is C14H18BrNO3. The Hall–Kier alpha value is -1.36. The van der Waals surface area contributed by atoms with Crippen molar-refractivity contribution in [2.45, 2.75) is 26.8 Å². The molecule has 0 aliphatic rings. The molecule has 0 saturated carbocycles. The van der Waals surface area contributed by atoms with Gasteiger partial charge in [0, 0.05) is 10.5 Å². The summed E-state index contributed by atoms with van der Waals surface area (Å²) in [6.45, 7) is 5.76. The SMILES string of the molecule is CCOC(=O)CN(C(=O)c1ccccc1Br)C(C)C. The zero-order valence-corrected chi connectivity index (χ0v) is 12.9. The van der Waals surface area contributed by atoms with Crippen molar-refractivity contribution in [1.29, 1.82) is 0 Å². The molecule has 4 nitrogen and oxygen atoms in total. The molecule has 0 saturated heterocycles. The highest BCUT2D eigenvalue weighted by Gasteiger charge is 2.23. The van der Waals surface area contributed by atoms with Crippen LogP contribution in [0.5, 0.6) is 0 Å². The maximum Gasteiger partial charge on any atom is 0.325 e. The van der Waals surface area contributed by atoms with E-state index >= 15 is 0 Å². The standard InChI is InChI=1S/C14H18BrNO3/c1-4-19-13(17)9-16(10(2)3)14(18)11-7-5-6-8-12(11)15/h5-8,10H,4,9H2,1-3H3. The quantitative estimate of drug-likeness (QED) is 0.781. The Labute approximate surface area is 121 Å². The Kier molecular flexibility index (Phi) is 6.02. The van der Waals surface area contributed by atoms with Crippen molar-refractivity contribution in [2.24, 2.45) is 0 Å². The van der Waals surface area contributed by atoms with Crippen LogP contribution in [0.25, 0.3) is 0 Å². The Balaban J connectivity index is 2.91. The summed E-state index contributed by atoms with van der Waals surface area (Å²) in [7, 11) is 0. The van der Waals surface area contributed by atoms with Crippen molar-refractivity contribution in [3.63, 3.8) is 0 Å². The first-order valence-corrected chi connectivity index (χ1v) is 6.97. The molecule has 0 N–H and O–H groups in total. The molecule has 19 heavy (non-hydrogen) atoms. The molecule has 1 rings (SSSR count). The summed E-state index contributed by atoms with van der Waals surface area (Å²) < 4.78 is 5.61. The second kappa shape index (κ2) is 7.28. The van der Waals surface area contributed by atoms with Gasteiger partial charge < -0.3 is 9.64 Å². The second-order valence-electron chi connectivity index (χ2n) is 4.31. The first-order chi connectivity index (χ1) is 8.97. The van der Waals surface area contributed by atoms with Crippen molar-refractivity contribution < 1.29 is 14.3 Å². The van der Waals surface area contributed by atoms with E-state index in [0.717, 1.165) is 4.47 Å². The lowest BCUT2D eigenvalue weighted by atomic mass is 10.1. The predicted octanol–water partition coefficient (Wildman–Crippen LogP) is 2.86. The van der Waals surface area contributed by atoms with Crippen LogP contribution in [-0.4, -0.2) is 36.0 Å². The van der Waals surface area contributed by atoms with Crippen molar-refractivity contribution in [2.75, 3.05) is 13.2 Å².